The fraction of sp³-hybridized carbons (Fsp3) is 0.367. The number of fused-ring (bicyclic) bond motifs is 4. The van der Waals surface area contributed by atoms with Crippen LogP contribution in [0.25, 0.3) is 0 Å². The predicted octanol–water partition coefficient (Wildman–Crippen LogP) is 4.82. The average molecular weight is 703 g/mol. The molecule has 5 amide bonds. The van der Waals surface area contributed by atoms with E-state index in [1.807, 2.05) is 0 Å². The van der Waals surface area contributed by atoms with Gasteiger partial charge in [0.1, 0.15) is 5.69 Å². The Hall–Kier alpha value is -4.24. The van der Waals surface area contributed by atoms with Crippen LogP contribution in [0, 0.1) is 46.8 Å². The standard InChI is InChI=1S/C30H21Cl2F5N2O8/c1-3-47-15-8-10(4-7-14(15)40)17-11-5-6-12-16(25(42)39(24(12)41)28(45)46-2)13(11)9-29(31)26(43)38(27(44)30(17,29)32)23-21(36)19(34)18(33)20(35)22(23)37/h4-5,7-8,12-13,16-17,40H,3,6,9H2,1-2H3. The number of nitrogens with zero attached hydrogens (tertiary/aromatic N) is 2. The van der Waals surface area contributed by atoms with Gasteiger partial charge in [-0.05, 0) is 43.4 Å². The number of phenols is 1. The van der Waals surface area contributed by atoms with Crippen LogP contribution in [0.5, 0.6) is 11.5 Å². The lowest BCUT2D eigenvalue weighted by Crippen LogP contribution is -2.60. The van der Waals surface area contributed by atoms with Crippen LogP contribution in [-0.4, -0.2) is 63.2 Å². The summed E-state index contributed by atoms with van der Waals surface area (Å²) in [7, 11) is 0.943. The topological polar surface area (TPSA) is 131 Å². The number of hydrogen-bond acceptors (Lipinski definition) is 8. The summed E-state index contributed by atoms with van der Waals surface area (Å²) in [5.41, 5.74) is -1.73. The quantitative estimate of drug-likeness (QED) is 0.120. The highest BCUT2D eigenvalue weighted by molar-refractivity contribution is 6.58. The van der Waals surface area contributed by atoms with Crippen molar-refractivity contribution in [2.75, 3.05) is 18.6 Å². The maximum Gasteiger partial charge on any atom is 0.423 e. The zero-order valence-corrected chi connectivity index (χ0v) is 25.6. The molecule has 6 atom stereocenters. The molecule has 2 saturated heterocycles. The van der Waals surface area contributed by atoms with E-state index in [-0.39, 0.29) is 40.6 Å². The van der Waals surface area contributed by atoms with E-state index in [0.717, 1.165) is 13.2 Å². The number of alkyl halides is 2. The number of carbonyl (C=O) groups is 5. The third-order valence-corrected chi connectivity index (χ3v) is 10.6. The van der Waals surface area contributed by atoms with Crippen molar-refractivity contribution in [3.05, 3.63) is 64.5 Å². The van der Waals surface area contributed by atoms with Gasteiger partial charge in [0.2, 0.25) is 17.6 Å². The zero-order chi connectivity index (χ0) is 34.5. The zero-order valence-electron chi connectivity index (χ0n) is 24.1. The molecule has 2 heterocycles. The number of carbonyl (C=O) groups excluding carboxylic acids is 5. The Morgan fingerprint density at radius 2 is 1.57 bits per heavy atom. The second-order valence-electron chi connectivity index (χ2n) is 11.3. The first-order valence-corrected chi connectivity index (χ1v) is 14.7. The Balaban J connectivity index is 1.60. The van der Waals surface area contributed by atoms with Crippen molar-refractivity contribution < 1.29 is 60.5 Å². The fourth-order valence-electron chi connectivity index (χ4n) is 7.19. The number of amides is 5. The minimum atomic E-state index is -2.75. The molecule has 0 spiro atoms. The van der Waals surface area contributed by atoms with E-state index in [1.165, 1.54) is 18.2 Å². The molecule has 17 heteroatoms. The van der Waals surface area contributed by atoms with Gasteiger partial charge in [0.15, 0.2) is 44.5 Å². The molecule has 2 aromatic rings. The first-order valence-electron chi connectivity index (χ1n) is 14.0. The van der Waals surface area contributed by atoms with E-state index in [4.69, 9.17) is 27.9 Å². The summed E-state index contributed by atoms with van der Waals surface area (Å²) >= 11 is 14.0. The van der Waals surface area contributed by atoms with Crippen LogP contribution in [0.3, 0.4) is 0 Å². The van der Waals surface area contributed by atoms with E-state index in [1.54, 1.807) is 6.92 Å². The number of ether oxygens (including phenoxy) is 2. The number of phenolic OH excluding ortho intramolecular Hbond substituents is 1. The highest BCUT2D eigenvalue weighted by atomic mass is 35.5. The van der Waals surface area contributed by atoms with E-state index in [9.17, 15) is 42.3 Å². The maximum absolute atomic E-state index is 15.1. The third-order valence-electron chi connectivity index (χ3n) is 9.20. The van der Waals surface area contributed by atoms with E-state index < -0.39 is 104 Å². The average Bonchev–Trinajstić information content (AvgIpc) is 3.38. The molecule has 1 N–H and O–H groups in total. The van der Waals surface area contributed by atoms with Crippen LogP contribution in [0.2, 0.25) is 0 Å². The Kier molecular flexibility index (Phi) is 7.59. The van der Waals surface area contributed by atoms with Crippen molar-refractivity contribution in [2.45, 2.75) is 35.4 Å². The highest BCUT2D eigenvalue weighted by Gasteiger charge is 2.77. The number of allylic oxidation sites excluding steroid dienone is 2. The Morgan fingerprint density at radius 1 is 0.957 bits per heavy atom. The van der Waals surface area contributed by atoms with Crippen LogP contribution in [0.1, 0.15) is 31.2 Å². The molecule has 0 aromatic heterocycles. The number of imide groups is 4. The van der Waals surface area contributed by atoms with Gasteiger partial charge in [0, 0.05) is 5.92 Å². The summed E-state index contributed by atoms with van der Waals surface area (Å²) in [5.74, 6) is -23.5. The van der Waals surface area contributed by atoms with Crippen molar-refractivity contribution in [2.24, 2.45) is 17.8 Å². The molecule has 2 aliphatic carbocycles. The lowest BCUT2D eigenvalue weighted by molar-refractivity contribution is -0.138. The summed E-state index contributed by atoms with van der Waals surface area (Å²) in [4.78, 5) is 62.0. The molecule has 1 saturated carbocycles. The van der Waals surface area contributed by atoms with Gasteiger partial charge < -0.3 is 14.6 Å². The van der Waals surface area contributed by atoms with Crippen molar-refractivity contribution >= 4 is 58.6 Å². The Bertz CT molecular complexity index is 1830. The van der Waals surface area contributed by atoms with Gasteiger partial charge in [-0.1, -0.05) is 17.7 Å². The SMILES string of the molecule is CCOc1cc(C2C3=CCC4C(=O)N(C(=O)OC)C(=O)C4C3CC3(Cl)C(=O)N(c4c(F)c(F)c(F)c(F)c4F)C(=O)C23Cl)ccc1O. The Labute approximate surface area is 271 Å². The van der Waals surface area contributed by atoms with Gasteiger partial charge in [-0.15, -0.1) is 23.2 Å². The summed E-state index contributed by atoms with van der Waals surface area (Å²) in [6.07, 6.45) is -0.745. The van der Waals surface area contributed by atoms with Crippen LogP contribution in [0.4, 0.5) is 32.4 Å². The number of benzene rings is 2. The van der Waals surface area contributed by atoms with Crippen LogP contribution in [-0.2, 0) is 23.9 Å². The minimum absolute atomic E-state index is 0.0303. The van der Waals surface area contributed by atoms with Gasteiger partial charge in [-0.2, -0.15) is 4.90 Å². The number of anilines is 1. The molecule has 248 valence electrons. The van der Waals surface area contributed by atoms with E-state index in [2.05, 4.69) is 4.74 Å². The first kappa shape index (κ1) is 32.7. The smallest absolute Gasteiger partial charge is 0.423 e. The highest BCUT2D eigenvalue weighted by Crippen LogP contribution is 2.66. The lowest BCUT2D eigenvalue weighted by atomic mass is 9.56. The molecular formula is C30H21Cl2F5N2O8. The molecule has 0 radical (unpaired) electrons. The lowest BCUT2D eigenvalue weighted by Gasteiger charge is -2.50. The monoisotopic (exact) mass is 702 g/mol. The van der Waals surface area contributed by atoms with Crippen molar-refractivity contribution in [1.29, 1.82) is 0 Å². The predicted molar refractivity (Wildman–Crippen MR) is 150 cm³/mol. The first-order chi connectivity index (χ1) is 22.1. The van der Waals surface area contributed by atoms with Crippen LogP contribution >= 0.6 is 23.2 Å². The van der Waals surface area contributed by atoms with Gasteiger partial charge >= 0.3 is 6.09 Å². The molecule has 6 unspecified atom stereocenters. The molecule has 2 aromatic carbocycles. The largest absolute Gasteiger partial charge is 0.504 e. The molecule has 0 bridgehead atoms. The number of rotatable bonds is 4. The van der Waals surface area contributed by atoms with Gasteiger partial charge in [0.05, 0.1) is 25.6 Å². The number of halogens is 7. The van der Waals surface area contributed by atoms with Crippen LogP contribution in [0.15, 0.2) is 29.8 Å². The second kappa shape index (κ2) is 10.9. The number of methoxy groups -OCH3 is 1. The molecule has 3 fully saturated rings. The van der Waals surface area contributed by atoms with Crippen molar-refractivity contribution in [1.82, 2.24) is 4.90 Å². The summed E-state index contributed by atoms with van der Waals surface area (Å²) in [5, 5.41) is 10.4. The fourth-order valence-corrected chi connectivity index (χ4v) is 8.13. The molecule has 2 aliphatic heterocycles. The van der Waals surface area contributed by atoms with Crippen molar-refractivity contribution in [3.63, 3.8) is 0 Å². The maximum atomic E-state index is 15.1. The molecule has 6 rings (SSSR count). The summed E-state index contributed by atoms with van der Waals surface area (Å²) in [6.45, 7) is 1.64. The normalized spacial score (nSPS) is 29.9. The summed E-state index contributed by atoms with van der Waals surface area (Å²) in [6, 6.07) is 3.65. The Morgan fingerprint density at radius 3 is 2.17 bits per heavy atom. The molecule has 47 heavy (non-hydrogen) atoms. The number of aromatic hydroxyl groups is 1. The van der Waals surface area contributed by atoms with Crippen LogP contribution < -0.4 is 9.64 Å². The van der Waals surface area contributed by atoms with Gasteiger partial charge in [-0.3, -0.25) is 19.2 Å². The van der Waals surface area contributed by atoms with E-state index in [0.29, 0.717) is 4.90 Å². The summed E-state index contributed by atoms with van der Waals surface area (Å²) < 4.78 is 82.9. The minimum Gasteiger partial charge on any atom is -0.504 e. The third kappa shape index (κ3) is 4.11. The molecule has 10 nitrogen and oxygen atoms in total. The van der Waals surface area contributed by atoms with Gasteiger partial charge in [0.25, 0.3) is 11.8 Å². The van der Waals surface area contributed by atoms with Gasteiger partial charge in [-0.25, -0.2) is 31.6 Å². The molecule has 4 aliphatic rings. The van der Waals surface area contributed by atoms with Crippen molar-refractivity contribution in [3.8, 4) is 11.5 Å². The second-order valence-corrected chi connectivity index (χ2v) is 12.6. The molecular weight excluding hydrogens is 682 g/mol. The van der Waals surface area contributed by atoms with E-state index >= 15 is 8.78 Å². The number of hydrogen-bond donors (Lipinski definition) is 1. The number of likely N-dealkylation sites (tertiary alicyclic amines) is 1.